The van der Waals surface area contributed by atoms with E-state index in [0.29, 0.717) is 15.8 Å². The second-order valence-electron chi connectivity index (χ2n) is 6.61. The Balaban J connectivity index is 1.72. The minimum absolute atomic E-state index is 0.0212. The van der Waals surface area contributed by atoms with Crippen LogP contribution in [-0.4, -0.2) is 40.5 Å². The number of halogens is 1. The average molecular weight is 539 g/mol. The Labute approximate surface area is 194 Å². The maximum Gasteiger partial charge on any atom is 0.263 e. The van der Waals surface area contributed by atoms with Crippen molar-refractivity contribution in [1.82, 2.24) is 4.98 Å². The van der Waals surface area contributed by atoms with E-state index < -0.39 is 32.5 Å². The molecule has 2 N–H and O–H groups in total. The number of carbonyl (C=O) groups is 1. The van der Waals surface area contributed by atoms with E-state index in [1.165, 1.54) is 36.5 Å². The highest BCUT2D eigenvalue weighted by Gasteiger charge is 2.23. The number of sulfonamides is 2. The Hall–Kier alpha value is -2.96. The minimum Gasteiger partial charge on any atom is -0.325 e. The first-order valence-corrected chi connectivity index (χ1v) is 13.2. The first-order valence-electron chi connectivity index (χ1n) is 9.12. The summed E-state index contributed by atoms with van der Waals surface area (Å²) in [5.74, 6) is -0.411. The summed E-state index contributed by atoms with van der Waals surface area (Å²) in [6, 6.07) is 16.9. The van der Waals surface area contributed by atoms with E-state index in [1.807, 2.05) is 0 Å². The van der Waals surface area contributed by atoms with E-state index in [9.17, 15) is 21.6 Å². The maximum atomic E-state index is 12.5. The fraction of sp³-hybridized carbons (Fsp3) is 0.100. The number of nitrogens with one attached hydrogen (secondary N) is 2. The number of hydrogen-bond acceptors (Lipinski definition) is 6. The van der Waals surface area contributed by atoms with Crippen LogP contribution in [0.2, 0.25) is 0 Å². The molecule has 12 heteroatoms. The molecule has 0 fully saturated rings. The van der Waals surface area contributed by atoms with Gasteiger partial charge in [-0.25, -0.2) is 21.8 Å². The lowest BCUT2D eigenvalue weighted by molar-refractivity contribution is -0.114. The van der Waals surface area contributed by atoms with Gasteiger partial charge in [0.25, 0.3) is 10.0 Å². The molecule has 0 saturated heterocycles. The molecule has 32 heavy (non-hydrogen) atoms. The van der Waals surface area contributed by atoms with E-state index in [2.05, 4.69) is 31.0 Å². The molecule has 1 amide bonds. The third-order valence-electron chi connectivity index (χ3n) is 4.16. The van der Waals surface area contributed by atoms with Crippen LogP contribution in [0.3, 0.4) is 0 Å². The molecular weight excluding hydrogens is 520 g/mol. The molecule has 0 aliphatic heterocycles. The van der Waals surface area contributed by atoms with Gasteiger partial charge in [-0.05, 0) is 64.5 Å². The lowest BCUT2D eigenvalue weighted by Gasteiger charge is -2.23. The Kier molecular flexibility index (Phi) is 7.16. The van der Waals surface area contributed by atoms with Gasteiger partial charge in [0, 0.05) is 16.4 Å². The molecule has 0 bridgehead atoms. The highest BCUT2D eigenvalue weighted by atomic mass is 79.9. The number of amides is 1. The topological polar surface area (TPSA) is 126 Å². The molecule has 9 nitrogen and oxygen atoms in total. The number of carbonyl (C=O) groups excluding carboxylic acids is 1. The summed E-state index contributed by atoms with van der Waals surface area (Å²) in [7, 11) is -7.59. The molecule has 3 rings (SSSR count). The van der Waals surface area contributed by atoms with Crippen molar-refractivity contribution in [3.05, 3.63) is 77.4 Å². The third kappa shape index (κ3) is 6.05. The van der Waals surface area contributed by atoms with Crippen LogP contribution >= 0.6 is 15.9 Å². The Morgan fingerprint density at radius 1 is 0.969 bits per heavy atom. The zero-order valence-electron chi connectivity index (χ0n) is 16.8. The van der Waals surface area contributed by atoms with Gasteiger partial charge in [-0.3, -0.25) is 13.8 Å². The maximum absolute atomic E-state index is 12.5. The van der Waals surface area contributed by atoms with E-state index in [4.69, 9.17) is 0 Å². The average Bonchev–Trinajstić information content (AvgIpc) is 2.73. The molecule has 0 atom stereocenters. The summed E-state index contributed by atoms with van der Waals surface area (Å²) < 4.78 is 53.2. The molecule has 0 spiro atoms. The Morgan fingerprint density at radius 3 is 2.22 bits per heavy atom. The SMILES string of the molecule is CS(=O)(=O)N(CC(=O)Nc1ccc(S(=O)(=O)Nc2ccccn2)cc1)c1ccccc1Br. The number of anilines is 3. The second-order valence-corrected chi connectivity index (χ2v) is 11.1. The zero-order valence-corrected chi connectivity index (χ0v) is 20.0. The van der Waals surface area contributed by atoms with Crippen molar-refractivity contribution in [1.29, 1.82) is 0 Å². The van der Waals surface area contributed by atoms with Crippen molar-refractivity contribution in [3.8, 4) is 0 Å². The molecule has 1 aromatic heterocycles. The number of benzene rings is 2. The zero-order chi connectivity index (χ0) is 23.4. The monoisotopic (exact) mass is 538 g/mol. The predicted octanol–water partition coefficient (Wildman–Crippen LogP) is 3.05. The van der Waals surface area contributed by atoms with Crippen LogP contribution in [0.25, 0.3) is 0 Å². The molecule has 0 saturated carbocycles. The van der Waals surface area contributed by atoms with E-state index >= 15 is 0 Å². The van der Waals surface area contributed by atoms with Gasteiger partial charge < -0.3 is 5.32 Å². The summed E-state index contributed by atoms with van der Waals surface area (Å²) in [5.41, 5.74) is 0.638. The summed E-state index contributed by atoms with van der Waals surface area (Å²) in [6.07, 6.45) is 2.47. The summed E-state index contributed by atoms with van der Waals surface area (Å²) >= 11 is 3.29. The van der Waals surface area contributed by atoms with Crippen LogP contribution in [0, 0.1) is 0 Å². The van der Waals surface area contributed by atoms with Gasteiger partial charge >= 0.3 is 0 Å². The van der Waals surface area contributed by atoms with E-state index in [1.54, 1.807) is 36.4 Å². The van der Waals surface area contributed by atoms with Gasteiger partial charge in [0.05, 0.1) is 16.8 Å². The predicted molar refractivity (Wildman–Crippen MR) is 126 cm³/mol. The van der Waals surface area contributed by atoms with Crippen LogP contribution < -0.4 is 14.3 Å². The fourth-order valence-electron chi connectivity index (χ4n) is 2.70. The number of pyridine rings is 1. The van der Waals surface area contributed by atoms with Crippen molar-refractivity contribution >= 4 is 59.1 Å². The number of aromatic nitrogens is 1. The molecule has 0 unspecified atom stereocenters. The van der Waals surface area contributed by atoms with E-state index in [-0.39, 0.29) is 10.7 Å². The lowest BCUT2D eigenvalue weighted by atomic mass is 10.3. The van der Waals surface area contributed by atoms with Gasteiger partial charge in [0.15, 0.2) is 0 Å². The smallest absolute Gasteiger partial charge is 0.263 e. The summed E-state index contributed by atoms with van der Waals surface area (Å²) in [4.78, 5) is 16.4. The molecule has 0 aliphatic carbocycles. The van der Waals surface area contributed by atoms with Gasteiger partial charge in [0.1, 0.15) is 12.4 Å². The number of nitrogens with zero attached hydrogens (tertiary/aromatic N) is 2. The van der Waals surface area contributed by atoms with Crippen molar-refractivity contribution in [2.24, 2.45) is 0 Å². The highest BCUT2D eigenvalue weighted by molar-refractivity contribution is 9.10. The fourth-order valence-corrected chi connectivity index (χ4v) is 5.20. The lowest BCUT2D eigenvalue weighted by Crippen LogP contribution is -2.37. The molecule has 2 aromatic carbocycles. The van der Waals surface area contributed by atoms with Crippen LogP contribution in [0.1, 0.15) is 0 Å². The third-order valence-corrected chi connectivity index (χ3v) is 7.33. The number of rotatable bonds is 8. The van der Waals surface area contributed by atoms with Crippen LogP contribution in [0.4, 0.5) is 17.2 Å². The second kappa shape index (κ2) is 9.67. The first kappa shape index (κ1) is 23.7. The molecule has 3 aromatic rings. The summed E-state index contributed by atoms with van der Waals surface area (Å²) in [5, 5.41) is 2.57. The summed E-state index contributed by atoms with van der Waals surface area (Å²) in [6.45, 7) is -0.456. The van der Waals surface area contributed by atoms with Crippen molar-refractivity contribution in [2.75, 3.05) is 27.1 Å². The molecule has 0 aliphatic rings. The number of para-hydroxylation sites is 1. The Bertz CT molecular complexity index is 1320. The quantitative estimate of drug-likeness (QED) is 0.454. The van der Waals surface area contributed by atoms with Gasteiger partial charge in [-0.2, -0.15) is 0 Å². The molecular formula is C20H19BrN4O5S2. The largest absolute Gasteiger partial charge is 0.325 e. The van der Waals surface area contributed by atoms with Crippen molar-refractivity contribution < 1.29 is 21.6 Å². The molecule has 168 valence electrons. The molecule has 1 heterocycles. The van der Waals surface area contributed by atoms with Gasteiger partial charge in [-0.1, -0.05) is 18.2 Å². The van der Waals surface area contributed by atoms with Crippen LogP contribution in [0.5, 0.6) is 0 Å². The normalized spacial score (nSPS) is 11.6. The number of hydrogen-bond donors (Lipinski definition) is 2. The first-order chi connectivity index (χ1) is 15.1. The standard InChI is InChI=1S/C20H19BrN4O5S2/c1-31(27,28)25(18-7-3-2-6-17(18)21)14-20(26)23-15-9-11-16(12-10-15)32(29,30)24-19-8-4-5-13-22-19/h2-13H,14H2,1H3,(H,22,24)(H,23,26). The van der Waals surface area contributed by atoms with Gasteiger partial charge in [-0.15, -0.1) is 0 Å². The van der Waals surface area contributed by atoms with Crippen LogP contribution in [0.15, 0.2) is 82.3 Å². The van der Waals surface area contributed by atoms with Gasteiger partial charge in [0.2, 0.25) is 15.9 Å². The van der Waals surface area contributed by atoms with Crippen molar-refractivity contribution in [2.45, 2.75) is 4.90 Å². The van der Waals surface area contributed by atoms with Crippen molar-refractivity contribution in [3.63, 3.8) is 0 Å². The minimum atomic E-state index is -3.86. The highest BCUT2D eigenvalue weighted by Crippen LogP contribution is 2.27. The Morgan fingerprint density at radius 2 is 1.62 bits per heavy atom. The van der Waals surface area contributed by atoms with E-state index in [0.717, 1.165) is 10.6 Å². The molecule has 0 radical (unpaired) electrons. The van der Waals surface area contributed by atoms with Crippen LogP contribution in [-0.2, 0) is 24.8 Å².